The van der Waals surface area contributed by atoms with Crippen molar-refractivity contribution in [2.75, 3.05) is 13.2 Å². The standard InChI is InChI=1S/C26H28N2O6/c1-26(33,24(30)31)15-27-23(29)16-7-6-8-17(13-16)28-25(32)34-14-22-20-11-4-2-9-18(20)19-10-3-5-12-21(19)22/h2-6,8-12,16-17,22,33H,7,13-15H2,1H3,(H,27,29)(H,28,32)(H,30,31). The molecule has 0 aromatic heterocycles. The molecule has 34 heavy (non-hydrogen) atoms. The molecule has 0 bridgehead atoms. The van der Waals surface area contributed by atoms with E-state index in [1.54, 1.807) is 6.08 Å². The molecule has 8 heteroatoms. The number of carboxylic acid groups (broad SMARTS) is 1. The second-order valence-electron chi connectivity index (χ2n) is 8.97. The third-order valence-corrected chi connectivity index (χ3v) is 6.41. The first-order valence-electron chi connectivity index (χ1n) is 11.3. The predicted molar refractivity (Wildman–Crippen MR) is 125 cm³/mol. The summed E-state index contributed by atoms with van der Waals surface area (Å²) in [5.74, 6) is -2.27. The molecule has 0 heterocycles. The quantitative estimate of drug-likeness (QED) is 0.467. The number of allylic oxidation sites excluding steroid dienone is 1. The van der Waals surface area contributed by atoms with Crippen LogP contribution in [0.3, 0.4) is 0 Å². The minimum absolute atomic E-state index is 0.0411. The molecule has 3 atom stereocenters. The highest BCUT2D eigenvalue weighted by molar-refractivity contribution is 5.82. The Balaban J connectivity index is 1.31. The smallest absolute Gasteiger partial charge is 0.407 e. The van der Waals surface area contributed by atoms with Gasteiger partial charge in [-0.25, -0.2) is 9.59 Å². The van der Waals surface area contributed by atoms with Gasteiger partial charge in [-0.1, -0.05) is 60.7 Å². The van der Waals surface area contributed by atoms with Gasteiger partial charge in [0.1, 0.15) is 6.61 Å². The lowest BCUT2D eigenvalue weighted by molar-refractivity contribution is -0.156. The number of hydrogen-bond acceptors (Lipinski definition) is 5. The number of aliphatic hydroxyl groups is 1. The zero-order chi connectivity index (χ0) is 24.3. The van der Waals surface area contributed by atoms with Gasteiger partial charge in [-0.05, 0) is 42.0 Å². The van der Waals surface area contributed by atoms with E-state index in [9.17, 15) is 19.5 Å². The number of benzene rings is 2. The summed E-state index contributed by atoms with van der Waals surface area (Å²) in [6.45, 7) is 0.925. The van der Waals surface area contributed by atoms with Crippen molar-refractivity contribution in [1.82, 2.24) is 10.6 Å². The third kappa shape index (κ3) is 4.97. The van der Waals surface area contributed by atoms with Crippen molar-refractivity contribution in [3.63, 3.8) is 0 Å². The summed E-state index contributed by atoms with van der Waals surface area (Å²) in [6.07, 6.45) is 3.87. The van der Waals surface area contributed by atoms with Gasteiger partial charge in [0, 0.05) is 11.8 Å². The van der Waals surface area contributed by atoms with E-state index in [-0.39, 0.29) is 24.5 Å². The van der Waals surface area contributed by atoms with Gasteiger partial charge in [0.2, 0.25) is 5.91 Å². The molecule has 0 saturated carbocycles. The lowest BCUT2D eigenvalue weighted by atomic mass is 9.90. The minimum Gasteiger partial charge on any atom is -0.479 e. The number of alkyl carbamates (subject to hydrolysis) is 1. The fourth-order valence-corrected chi connectivity index (χ4v) is 4.48. The van der Waals surface area contributed by atoms with Crippen LogP contribution in [0.1, 0.15) is 36.8 Å². The summed E-state index contributed by atoms with van der Waals surface area (Å²) in [7, 11) is 0. The fraction of sp³-hybridized carbons (Fsp3) is 0.346. The van der Waals surface area contributed by atoms with E-state index in [1.807, 2.05) is 30.3 Å². The highest BCUT2D eigenvalue weighted by atomic mass is 16.5. The number of hydrogen-bond donors (Lipinski definition) is 4. The SMILES string of the molecule is CC(O)(CNC(=O)C1CC=CC(NC(=O)OCC2c3ccccc3-c3ccccc32)C1)C(=O)O. The summed E-state index contributed by atoms with van der Waals surface area (Å²) in [4.78, 5) is 36.0. The Kier molecular flexibility index (Phi) is 6.70. The largest absolute Gasteiger partial charge is 0.479 e. The van der Waals surface area contributed by atoms with Crippen molar-refractivity contribution in [3.05, 3.63) is 71.8 Å². The van der Waals surface area contributed by atoms with Gasteiger partial charge in [-0.3, -0.25) is 4.79 Å². The molecule has 2 amide bonds. The van der Waals surface area contributed by atoms with Crippen LogP contribution >= 0.6 is 0 Å². The number of carbonyl (C=O) groups is 3. The monoisotopic (exact) mass is 464 g/mol. The van der Waals surface area contributed by atoms with Crippen molar-refractivity contribution in [3.8, 4) is 11.1 Å². The van der Waals surface area contributed by atoms with Gasteiger partial charge in [0.15, 0.2) is 5.60 Å². The maximum Gasteiger partial charge on any atom is 0.407 e. The van der Waals surface area contributed by atoms with Gasteiger partial charge < -0.3 is 25.6 Å². The number of carbonyl (C=O) groups excluding carboxylic acids is 2. The average molecular weight is 465 g/mol. The van der Waals surface area contributed by atoms with Crippen LogP contribution in [-0.4, -0.2) is 53.0 Å². The van der Waals surface area contributed by atoms with E-state index >= 15 is 0 Å². The molecule has 2 aliphatic carbocycles. The van der Waals surface area contributed by atoms with Crippen molar-refractivity contribution >= 4 is 18.0 Å². The first kappa shape index (κ1) is 23.5. The first-order chi connectivity index (χ1) is 16.3. The van der Waals surface area contributed by atoms with Crippen molar-refractivity contribution in [2.24, 2.45) is 5.92 Å². The molecule has 2 aromatic rings. The summed E-state index contributed by atoms with van der Waals surface area (Å²) >= 11 is 0. The van der Waals surface area contributed by atoms with E-state index in [0.717, 1.165) is 29.2 Å². The molecule has 0 fully saturated rings. The van der Waals surface area contributed by atoms with E-state index in [2.05, 4.69) is 34.9 Å². The molecule has 4 N–H and O–H groups in total. The second kappa shape index (κ2) is 9.69. The Morgan fingerprint density at radius 1 is 1.06 bits per heavy atom. The first-order valence-corrected chi connectivity index (χ1v) is 11.3. The summed E-state index contributed by atoms with van der Waals surface area (Å²) in [5, 5.41) is 24.0. The molecule has 4 rings (SSSR count). The molecule has 178 valence electrons. The Hall–Kier alpha value is -3.65. The molecule has 0 spiro atoms. The lowest BCUT2D eigenvalue weighted by Crippen LogP contribution is -2.48. The van der Waals surface area contributed by atoms with Crippen molar-refractivity contribution < 1.29 is 29.3 Å². The van der Waals surface area contributed by atoms with Gasteiger partial charge >= 0.3 is 12.1 Å². The van der Waals surface area contributed by atoms with Gasteiger partial charge in [-0.15, -0.1) is 0 Å². The van der Waals surface area contributed by atoms with Crippen molar-refractivity contribution in [2.45, 2.75) is 37.3 Å². The zero-order valence-corrected chi connectivity index (χ0v) is 18.9. The third-order valence-electron chi connectivity index (χ3n) is 6.41. The highest BCUT2D eigenvalue weighted by Crippen LogP contribution is 2.44. The number of aliphatic carboxylic acids is 1. The summed E-state index contributed by atoms with van der Waals surface area (Å²) in [5.41, 5.74) is 2.52. The van der Waals surface area contributed by atoms with Gasteiger partial charge in [-0.2, -0.15) is 0 Å². The lowest BCUT2D eigenvalue weighted by Gasteiger charge is -2.26. The Morgan fingerprint density at radius 3 is 2.29 bits per heavy atom. The molecule has 0 saturated heterocycles. The molecule has 2 aliphatic rings. The molecule has 0 aliphatic heterocycles. The molecule has 3 unspecified atom stereocenters. The number of fused-ring (bicyclic) bond motifs is 3. The number of nitrogens with one attached hydrogen (secondary N) is 2. The topological polar surface area (TPSA) is 125 Å². The number of amides is 2. The van der Waals surface area contributed by atoms with Crippen LogP contribution in [0, 0.1) is 5.92 Å². The van der Waals surface area contributed by atoms with Crippen LogP contribution in [0.15, 0.2) is 60.7 Å². The number of ether oxygens (including phenoxy) is 1. The predicted octanol–water partition coefficient (Wildman–Crippen LogP) is 2.81. The maximum atomic E-state index is 12.5. The Bertz CT molecular complexity index is 1080. The van der Waals surface area contributed by atoms with Crippen LogP contribution in [0.5, 0.6) is 0 Å². The summed E-state index contributed by atoms with van der Waals surface area (Å²) < 4.78 is 5.57. The van der Waals surface area contributed by atoms with Crippen LogP contribution in [0.25, 0.3) is 11.1 Å². The van der Waals surface area contributed by atoms with Crippen molar-refractivity contribution in [1.29, 1.82) is 0 Å². The Morgan fingerprint density at radius 2 is 1.68 bits per heavy atom. The number of carboxylic acids is 1. The molecular formula is C26H28N2O6. The van der Waals surface area contributed by atoms with Crippen LogP contribution in [0.4, 0.5) is 4.79 Å². The number of rotatable bonds is 7. The zero-order valence-electron chi connectivity index (χ0n) is 18.9. The fourth-order valence-electron chi connectivity index (χ4n) is 4.48. The average Bonchev–Trinajstić information content (AvgIpc) is 3.15. The van der Waals surface area contributed by atoms with Crippen LogP contribution in [-0.2, 0) is 14.3 Å². The Labute approximate surface area is 197 Å². The van der Waals surface area contributed by atoms with Crippen LogP contribution < -0.4 is 10.6 Å². The molecule has 2 aromatic carbocycles. The summed E-state index contributed by atoms with van der Waals surface area (Å²) in [6, 6.07) is 15.8. The van der Waals surface area contributed by atoms with Crippen LogP contribution in [0.2, 0.25) is 0 Å². The van der Waals surface area contributed by atoms with E-state index in [4.69, 9.17) is 9.84 Å². The normalized spacial score (nSPS) is 20.5. The maximum absolute atomic E-state index is 12.5. The van der Waals surface area contributed by atoms with E-state index < -0.39 is 30.1 Å². The van der Waals surface area contributed by atoms with E-state index in [1.165, 1.54) is 0 Å². The minimum atomic E-state index is -2.04. The molecule has 0 radical (unpaired) electrons. The molecule has 8 nitrogen and oxygen atoms in total. The molecular weight excluding hydrogens is 436 g/mol. The van der Waals surface area contributed by atoms with Gasteiger partial charge in [0.25, 0.3) is 0 Å². The highest BCUT2D eigenvalue weighted by Gasteiger charge is 2.33. The second-order valence-corrected chi connectivity index (χ2v) is 8.97. The van der Waals surface area contributed by atoms with E-state index in [0.29, 0.717) is 12.8 Å². The van der Waals surface area contributed by atoms with Gasteiger partial charge in [0.05, 0.1) is 12.6 Å².